The molecule has 19 heavy (non-hydrogen) atoms. The first kappa shape index (κ1) is 12.2. The minimum absolute atomic E-state index is 0.134. The van der Waals surface area contributed by atoms with Crippen LogP contribution in [0.3, 0.4) is 0 Å². The van der Waals surface area contributed by atoms with Gasteiger partial charge in [0.2, 0.25) is 0 Å². The summed E-state index contributed by atoms with van der Waals surface area (Å²) in [5, 5.41) is 12.5. The zero-order valence-electron chi connectivity index (χ0n) is 10.7. The lowest BCUT2D eigenvalue weighted by Gasteiger charge is -2.21. The first-order chi connectivity index (χ1) is 9.40. The summed E-state index contributed by atoms with van der Waals surface area (Å²) in [5.41, 5.74) is 4.98. The van der Waals surface area contributed by atoms with Gasteiger partial charge in [-0.1, -0.05) is 60.7 Å². The first-order valence-corrected chi connectivity index (χ1v) is 6.60. The van der Waals surface area contributed by atoms with Gasteiger partial charge in [0.25, 0.3) is 0 Å². The Morgan fingerprint density at radius 1 is 0.842 bits per heavy atom. The Bertz CT molecular complexity index is 554. The van der Waals surface area contributed by atoms with E-state index in [2.05, 4.69) is 66.0 Å². The molecule has 0 aromatic heterocycles. The van der Waals surface area contributed by atoms with Gasteiger partial charge in [0.05, 0.1) is 12.6 Å². The largest absolute Gasteiger partial charge is 0.395 e. The number of hydrogen-bond acceptors (Lipinski definition) is 2. The summed E-state index contributed by atoms with van der Waals surface area (Å²) in [7, 11) is 0. The lowest BCUT2D eigenvalue weighted by molar-refractivity contribution is 0.288. The zero-order chi connectivity index (χ0) is 13.1. The topological polar surface area (TPSA) is 32.3 Å². The molecule has 2 heteroatoms. The SMILES string of the molecule is OCCNC1c2ccccc2C=Cc2ccccc21. The van der Waals surface area contributed by atoms with E-state index in [0.717, 1.165) is 0 Å². The van der Waals surface area contributed by atoms with Gasteiger partial charge in [-0.15, -0.1) is 0 Å². The summed E-state index contributed by atoms with van der Waals surface area (Å²) in [4.78, 5) is 0. The molecule has 0 amide bonds. The molecule has 1 aliphatic rings. The van der Waals surface area contributed by atoms with E-state index >= 15 is 0 Å². The summed E-state index contributed by atoms with van der Waals surface area (Å²) in [5.74, 6) is 0. The van der Waals surface area contributed by atoms with Crippen molar-refractivity contribution in [2.24, 2.45) is 0 Å². The van der Waals surface area contributed by atoms with E-state index in [1.807, 2.05) is 0 Å². The maximum atomic E-state index is 9.09. The molecule has 2 aromatic rings. The molecule has 0 saturated heterocycles. The molecule has 0 bridgehead atoms. The Labute approximate surface area is 113 Å². The third-order valence-electron chi connectivity index (χ3n) is 3.52. The van der Waals surface area contributed by atoms with Crippen LogP contribution in [-0.2, 0) is 0 Å². The molecule has 3 rings (SSSR count). The lowest BCUT2D eigenvalue weighted by Crippen LogP contribution is -2.26. The molecule has 0 radical (unpaired) electrons. The van der Waals surface area contributed by atoms with Crippen molar-refractivity contribution < 1.29 is 5.11 Å². The highest BCUT2D eigenvalue weighted by Gasteiger charge is 2.19. The van der Waals surface area contributed by atoms with Crippen LogP contribution < -0.4 is 5.32 Å². The van der Waals surface area contributed by atoms with Crippen molar-refractivity contribution in [2.75, 3.05) is 13.2 Å². The molecule has 2 nitrogen and oxygen atoms in total. The van der Waals surface area contributed by atoms with Crippen LogP contribution in [-0.4, -0.2) is 18.3 Å². The smallest absolute Gasteiger partial charge is 0.0589 e. The highest BCUT2D eigenvalue weighted by Crippen LogP contribution is 2.32. The Morgan fingerprint density at radius 2 is 1.37 bits per heavy atom. The van der Waals surface area contributed by atoms with Crippen LogP contribution >= 0.6 is 0 Å². The highest BCUT2D eigenvalue weighted by molar-refractivity contribution is 5.76. The maximum absolute atomic E-state index is 9.09. The van der Waals surface area contributed by atoms with Crippen molar-refractivity contribution >= 4 is 12.2 Å². The average molecular weight is 251 g/mol. The van der Waals surface area contributed by atoms with E-state index in [1.165, 1.54) is 22.3 Å². The van der Waals surface area contributed by atoms with Crippen molar-refractivity contribution in [3.63, 3.8) is 0 Å². The second-order valence-electron chi connectivity index (χ2n) is 4.70. The van der Waals surface area contributed by atoms with E-state index in [0.29, 0.717) is 6.54 Å². The Kier molecular flexibility index (Phi) is 3.45. The van der Waals surface area contributed by atoms with E-state index < -0.39 is 0 Å². The number of benzene rings is 2. The van der Waals surface area contributed by atoms with Crippen molar-refractivity contribution in [1.82, 2.24) is 5.32 Å². The molecule has 0 atom stereocenters. The number of nitrogens with one attached hydrogen (secondary N) is 1. The molecule has 0 spiro atoms. The summed E-state index contributed by atoms with van der Waals surface area (Å²) < 4.78 is 0. The van der Waals surface area contributed by atoms with Gasteiger partial charge in [-0.25, -0.2) is 0 Å². The van der Waals surface area contributed by atoms with Gasteiger partial charge in [-0.3, -0.25) is 0 Å². The van der Waals surface area contributed by atoms with Crippen LogP contribution in [0.2, 0.25) is 0 Å². The van der Waals surface area contributed by atoms with Crippen LogP contribution in [0.15, 0.2) is 48.5 Å². The van der Waals surface area contributed by atoms with Crippen LogP contribution in [0.4, 0.5) is 0 Å². The standard InChI is InChI=1S/C17H17NO/c19-12-11-18-17-15-7-3-1-5-13(15)9-10-14-6-2-4-8-16(14)17/h1-10,17-19H,11-12H2. The summed E-state index contributed by atoms with van der Waals surface area (Å²) in [6, 6.07) is 16.9. The third kappa shape index (κ3) is 2.33. The van der Waals surface area contributed by atoms with E-state index in [4.69, 9.17) is 5.11 Å². The molecule has 0 unspecified atom stereocenters. The fourth-order valence-electron chi connectivity index (χ4n) is 2.63. The number of rotatable bonds is 3. The van der Waals surface area contributed by atoms with E-state index in [9.17, 15) is 0 Å². The second-order valence-corrected chi connectivity index (χ2v) is 4.70. The predicted octanol–water partition coefficient (Wildman–Crippen LogP) is 2.84. The third-order valence-corrected chi connectivity index (χ3v) is 3.52. The Balaban J connectivity index is 2.12. The molecule has 2 aromatic carbocycles. The van der Waals surface area contributed by atoms with Gasteiger partial charge < -0.3 is 10.4 Å². The number of aliphatic hydroxyl groups is 1. The van der Waals surface area contributed by atoms with Gasteiger partial charge in [0, 0.05) is 6.54 Å². The number of aliphatic hydroxyl groups excluding tert-OH is 1. The van der Waals surface area contributed by atoms with Crippen LogP contribution in [0, 0.1) is 0 Å². The van der Waals surface area contributed by atoms with E-state index in [1.54, 1.807) is 0 Å². The molecule has 2 N–H and O–H groups in total. The minimum atomic E-state index is 0.134. The van der Waals surface area contributed by atoms with Gasteiger partial charge in [-0.2, -0.15) is 0 Å². The monoisotopic (exact) mass is 251 g/mol. The average Bonchev–Trinajstić information content (AvgIpc) is 2.62. The quantitative estimate of drug-likeness (QED) is 0.879. The zero-order valence-corrected chi connectivity index (χ0v) is 10.7. The molecule has 0 fully saturated rings. The normalized spacial score (nSPS) is 13.7. The van der Waals surface area contributed by atoms with Gasteiger partial charge in [0.1, 0.15) is 0 Å². The van der Waals surface area contributed by atoms with Gasteiger partial charge in [-0.05, 0) is 22.3 Å². The molecule has 96 valence electrons. The van der Waals surface area contributed by atoms with Crippen molar-refractivity contribution in [3.05, 3.63) is 70.8 Å². The first-order valence-electron chi connectivity index (χ1n) is 6.60. The highest BCUT2D eigenvalue weighted by atomic mass is 16.3. The molecule has 1 aliphatic carbocycles. The van der Waals surface area contributed by atoms with Crippen molar-refractivity contribution in [3.8, 4) is 0 Å². The summed E-state index contributed by atoms with van der Waals surface area (Å²) in [6.45, 7) is 0.738. The Morgan fingerprint density at radius 3 is 1.89 bits per heavy atom. The predicted molar refractivity (Wildman–Crippen MR) is 78.7 cm³/mol. The fraction of sp³-hybridized carbons (Fsp3) is 0.176. The van der Waals surface area contributed by atoms with Crippen molar-refractivity contribution in [1.29, 1.82) is 0 Å². The molecule has 0 heterocycles. The molecular weight excluding hydrogens is 234 g/mol. The second kappa shape index (κ2) is 5.39. The van der Waals surface area contributed by atoms with Crippen LogP contribution in [0.5, 0.6) is 0 Å². The van der Waals surface area contributed by atoms with Gasteiger partial charge >= 0.3 is 0 Å². The Hall–Kier alpha value is -1.90. The summed E-state index contributed by atoms with van der Waals surface area (Å²) >= 11 is 0. The molecule has 0 aliphatic heterocycles. The maximum Gasteiger partial charge on any atom is 0.0589 e. The molecule has 0 saturated carbocycles. The van der Waals surface area contributed by atoms with Gasteiger partial charge in [0.15, 0.2) is 0 Å². The van der Waals surface area contributed by atoms with Crippen molar-refractivity contribution in [2.45, 2.75) is 6.04 Å². The summed E-state index contributed by atoms with van der Waals surface area (Å²) in [6.07, 6.45) is 4.32. The van der Waals surface area contributed by atoms with E-state index in [-0.39, 0.29) is 12.6 Å². The number of hydrogen-bond donors (Lipinski definition) is 2. The number of fused-ring (bicyclic) bond motifs is 2. The van der Waals surface area contributed by atoms with Crippen LogP contribution in [0.25, 0.3) is 12.2 Å². The van der Waals surface area contributed by atoms with Crippen LogP contribution in [0.1, 0.15) is 28.3 Å². The lowest BCUT2D eigenvalue weighted by atomic mass is 9.94. The fourth-order valence-corrected chi connectivity index (χ4v) is 2.63. The molecular formula is C17H17NO. The minimum Gasteiger partial charge on any atom is -0.395 e.